The quantitative estimate of drug-likeness (QED) is 0.543. The van der Waals surface area contributed by atoms with Crippen LogP contribution in [0, 0.1) is 5.92 Å². The summed E-state index contributed by atoms with van der Waals surface area (Å²) in [5, 5.41) is 0. The summed E-state index contributed by atoms with van der Waals surface area (Å²) in [7, 11) is 2.11. The Hall–Kier alpha value is -0.610. The number of amides is 1. The van der Waals surface area contributed by atoms with Crippen LogP contribution in [0.25, 0.3) is 0 Å². The van der Waals surface area contributed by atoms with E-state index in [1.807, 2.05) is 6.92 Å². The second-order valence-corrected chi connectivity index (χ2v) is 4.46. The molecule has 0 saturated carbocycles. The van der Waals surface area contributed by atoms with E-state index in [0.717, 1.165) is 13.0 Å². The van der Waals surface area contributed by atoms with Crippen LogP contribution in [0.15, 0.2) is 0 Å². The maximum Gasteiger partial charge on any atom is 0.238 e. The lowest BCUT2D eigenvalue weighted by molar-refractivity contribution is -0.122. The lowest BCUT2D eigenvalue weighted by Crippen LogP contribution is -2.48. The fourth-order valence-corrected chi connectivity index (χ4v) is 2.41. The molecule has 2 saturated heterocycles. The molecule has 3 atom stereocenters. The predicted molar refractivity (Wildman–Crippen MR) is 49.9 cm³/mol. The molecule has 3 unspecified atom stereocenters. The lowest BCUT2D eigenvalue weighted by Gasteiger charge is -2.25. The molecule has 2 heterocycles. The van der Waals surface area contributed by atoms with Gasteiger partial charge in [-0.15, -0.1) is 0 Å². The van der Waals surface area contributed by atoms with Gasteiger partial charge < -0.3 is 4.90 Å². The molecule has 74 valence electrons. The summed E-state index contributed by atoms with van der Waals surface area (Å²) in [6.45, 7) is 5.15. The van der Waals surface area contributed by atoms with Crippen molar-refractivity contribution in [3.63, 3.8) is 0 Å². The van der Waals surface area contributed by atoms with E-state index in [2.05, 4.69) is 29.7 Å². The fraction of sp³-hybridized carbons (Fsp3) is 0.889. The van der Waals surface area contributed by atoms with Crippen molar-refractivity contribution < 1.29 is 4.79 Å². The Morgan fingerprint density at radius 2 is 2.23 bits per heavy atom. The van der Waals surface area contributed by atoms with E-state index >= 15 is 0 Å². The van der Waals surface area contributed by atoms with Crippen LogP contribution in [0.3, 0.4) is 0 Å². The van der Waals surface area contributed by atoms with E-state index < -0.39 is 0 Å². The predicted octanol–water partition coefficient (Wildman–Crippen LogP) is -0.280. The first-order valence-electron chi connectivity index (χ1n) is 4.82. The van der Waals surface area contributed by atoms with Crippen LogP contribution in [0.2, 0.25) is 0 Å². The van der Waals surface area contributed by atoms with Gasteiger partial charge in [0.05, 0.1) is 11.5 Å². The van der Waals surface area contributed by atoms with Crippen LogP contribution in [-0.2, 0) is 4.79 Å². The molecule has 13 heavy (non-hydrogen) atoms. The summed E-state index contributed by atoms with van der Waals surface area (Å²) in [5.41, 5.74) is 5.86. The number of carbonyl (C=O) groups excluding carboxylic acids is 1. The molecule has 4 nitrogen and oxygen atoms in total. The number of likely N-dealkylation sites (tertiary alicyclic amines) is 1. The van der Waals surface area contributed by atoms with Crippen LogP contribution in [-0.4, -0.2) is 36.0 Å². The van der Waals surface area contributed by atoms with Gasteiger partial charge in [0.15, 0.2) is 0 Å². The van der Waals surface area contributed by atoms with Crippen LogP contribution in [0.1, 0.15) is 20.3 Å². The van der Waals surface area contributed by atoms with E-state index in [1.165, 1.54) is 0 Å². The summed E-state index contributed by atoms with van der Waals surface area (Å²) in [6, 6.07) is 0.558. The van der Waals surface area contributed by atoms with Gasteiger partial charge in [-0.2, -0.15) is 0 Å². The molecule has 4 heteroatoms. The van der Waals surface area contributed by atoms with Crippen LogP contribution in [0.5, 0.6) is 0 Å². The second-order valence-electron chi connectivity index (χ2n) is 4.46. The second kappa shape index (κ2) is 2.69. The zero-order chi connectivity index (χ0) is 9.64. The summed E-state index contributed by atoms with van der Waals surface area (Å²) in [4.78, 5) is 13.7. The normalized spacial score (nSPS) is 45.9. The number of nitrogens with one attached hydrogen (secondary N) is 2. The van der Waals surface area contributed by atoms with E-state index in [0.29, 0.717) is 6.04 Å². The van der Waals surface area contributed by atoms with Crippen molar-refractivity contribution in [2.24, 2.45) is 5.92 Å². The molecule has 0 aromatic rings. The first kappa shape index (κ1) is 8.97. The summed E-state index contributed by atoms with van der Waals surface area (Å²) >= 11 is 0. The van der Waals surface area contributed by atoms with Crippen molar-refractivity contribution >= 4 is 5.91 Å². The van der Waals surface area contributed by atoms with Gasteiger partial charge in [-0.1, -0.05) is 6.92 Å². The molecule has 2 aliphatic heterocycles. The third-order valence-electron chi connectivity index (χ3n) is 3.60. The number of hydrogen-bond acceptors (Lipinski definition) is 3. The summed E-state index contributed by atoms with van der Waals surface area (Å²) in [6.07, 6.45) is 1.05. The van der Waals surface area contributed by atoms with Gasteiger partial charge in [0, 0.05) is 12.6 Å². The smallest absolute Gasteiger partial charge is 0.238 e. The Kier molecular flexibility index (Phi) is 1.85. The maximum absolute atomic E-state index is 11.4. The van der Waals surface area contributed by atoms with E-state index in [-0.39, 0.29) is 17.4 Å². The summed E-state index contributed by atoms with van der Waals surface area (Å²) in [5.74, 6) is 0.211. The Morgan fingerprint density at radius 1 is 1.54 bits per heavy atom. The van der Waals surface area contributed by atoms with Crippen LogP contribution in [0.4, 0.5) is 0 Å². The van der Waals surface area contributed by atoms with Crippen molar-refractivity contribution in [3.05, 3.63) is 0 Å². The van der Waals surface area contributed by atoms with Gasteiger partial charge in [0.2, 0.25) is 5.91 Å². The highest BCUT2D eigenvalue weighted by Gasteiger charge is 2.51. The largest absolute Gasteiger partial charge is 0.302 e. The fourth-order valence-electron chi connectivity index (χ4n) is 2.41. The number of hydrazine groups is 1. The third-order valence-corrected chi connectivity index (χ3v) is 3.60. The maximum atomic E-state index is 11.4. The lowest BCUT2D eigenvalue weighted by atomic mass is 9.85. The SMILES string of the molecule is CC1CC2(CN1C)NNC(=O)C2C. The molecule has 2 fully saturated rings. The molecular weight excluding hydrogens is 166 g/mol. The van der Waals surface area contributed by atoms with Crippen molar-refractivity contribution in [2.45, 2.75) is 31.8 Å². The highest BCUT2D eigenvalue weighted by Crippen LogP contribution is 2.34. The zero-order valence-corrected chi connectivity index (χ0v) is 8.42. The van der Waals surface area contributed by atoms with Crippen molar-refractivity contribution in [1.82, 2.24) is 15.8 Å². The number of rotatable bonds is 0. The summed E-state index contributed by atoms with van der Waals surface area (Å²) < 4.78 is 0. The highest BCUT2D eigenvalue weighted by molar-refractivity contribution is 5.81. The molecule has 0 aromatic heterocycles. The first-order valence-corrected chi connectivity index (χ1v) is 4.82. The number of carbonyl (C=O) groups is 1. The van der Waals surface area contributed by atoms with E-state index in [4.69, 9.17) is 0 Å². The topological polar surface area (TPSA) is 44.4 Å². The molecule has 1 amide bonds. The Morgan fingerprint density at radius 3 is 2.62 bits per heavy atom. The van der Waals surface area contributed by atoms with Crippen LogP contribution >= 0.6 is 0 Å². The Bertz CT molecular complexity index is 231. The van der Waals surface area contributed by atoms with Crippen LogP contribution < -0.4 is 10.9 Å². The van der Waals surface area contributed by atoms with Gasteiger partial charge in [0.25, 0.3) is 0 Å². The van der Waals surface area contributed by atoms with Gasteiger partial charge in [-0.05, 0) is 20.4 Å². The first-order chi connectivity index (χ1) is 6.05. The van der Waals surface area contributed by atoms with Gasteiger partial charge in [0.1, 0.15) is 0 Å². The van der Waals surface area contributed by atoms with Crippen molar-refractivity contribution in [1.29, 1.82) is 0 Å². The van der Waals surface area contributed by atoms with Crippen molar-refractivity contribution in [2.75, 3.05) is 13.6 Å². The monoisotopic (exact) mass is 183 g/mol. The number of nitrogens with zero attached hydrogens (tertiary/aromatic N) is 1. The molecule has 0 radical (unpaired) electrons. The third kappa shape index (κ3) is 1.16. The minimum absolute atomic E-state index is 0.0226. The molecule has 0 aromatic carbocycles. The Balaban J connectivity index is 2.19. The average molecular weight is 183 g/mol. The molecule has 0 aliphatic carbocycles. The highest BCUT2D eigenvalue weighted by atomic mass is 16.2. The molecule has 0 bridgehead atoms. The minimum Gasteiger partial charge on any atom is -0.302 e. The molecule has 1 spiro atoms. The van der Waals surface area contributed by atoms with Gasteiger partial charge >= 0.3 is 0 Å². The zero-order valence-electron chi connectivity index (χ0n) is 8.42. The molecule has 2 rings (SSSR count). The van der Waals surface area contributed by atoms with Gasteiger partial charge in [-0.25, -0.2) is 5.43 Å². The number of likely N-dealkylation sites (N-methyl/N-ethyl adjacent to an activating group) is 1. The van der Waals surface area contributed by atoms with Crippen molar-refractivity contribution in [3.8, 4) is 0 Å². The standard InChI is InChI=1S/C9H17N3O/c1-6-4-9(5-12(6)3)7(2)8(13)10-11-9/h6-7,11H,4-5H2,1-3H3,(H,10,13). The van der Waals surface area contributed by atoms with E-state index in [1.54, 1.807) is 0 Å². The average Bonchev–Trinajstić information content (AvgIpc) is 2.50. The van der Waals surface area contributed by atoms with E-state index in [9.17, 15) is 4.79 Å². The molecule has 2 aliphatic rings. The number of hydrogen-bond donors (Lipinski definition) is 2. The molecule has 2 N–H and O–H groups in total. The minimum atomic E-state index is -0.0226. The Labute approximate surface area is 78.6 Å². The molecular formula is C9H17N3O. The van der Waals surface area contributed by atoms with Gasteiger partial charge in [-0.3, -0.25) is 10.2 Å².